The number of anilines is 1. The molecular formula is C6H8BrNS. The fraction of sp³-hybridized carbons (Fsp3) is 0.333. The molecule has 9 heavy (non-hydrogen) atoms. The summed E-state index contributed by atoms with van der Waals surface area (Å²) in [7, 11) is 0. The van der Waals surface area contributed by atoms with Gasteiger partial charge in [-0.25, -0.2) is 0 Å². The van der Waals surface area contributed by atoms with Gasteiger partial charge in [0.2, 0.25) is 0 Å². The molecule has 3 heteroatoms. The number of halogens is 1. The smallest absolute Gasteiger partial charge is 0.0918 e. The van der Waals surface area contributed by atoms with E-state index < -0.39 is 0 Å². The first-order valence-corrected chi connectivity index (χ1v) is 4.68. The number of rotatable bonds is 2. The second kappa shape index (κ2) is 3.22. The molecule has 0 aromatic carbocycles. The minimum absolute atomic E-state index is 0.828. The van der Waals surface area contributed by atoms with Crippen LogP contribution in [0.5, 0.6) is 0 Å². The van der Waals surface area contributed by atoms with Gasteiger partial charge < -0.3 is 5.32 Å². The van der Waals surface area contributed by atoms with E-state index in [0.29, 0.717) is 0 Å². The molecule has 0 atom stereocenters. The van der Waals surface area contributed by atoms with E-state index in [1.54, 1.807) is 11.3 Å². The van der Waals surface area contributed by atoms with Crippen LogP contribution in [0.1, 0.15) is 5.56 Å². The maximum atomic E-state index is 3.30. The van der Waals surface area contributed by atoms with E-state index in [4.69, 9.17) is 0 Å². The molecule has 0 aliphatic carbocycles. The molecule has 0 saturated carbocycles. The molecule has 1 N–H and O–H groups in total. The Kier molecular flexibility index (Phi) is 2.54. The second-order valence-electron chi connectivity index (χ2n) is 1.74. The van der Waals surface area contributed by atoms with E-state index in [1.807, 2.05) is 0 Å². The van der Waals surface area contributed by atoms with Gasteiger partial charge in [-0.3, -0.25) is 0 Å². The first-order valence-electron chi connectivity index (χ1n) is 2.68. The third-order valence-corrected chi connectivity index (χ3v) is 2.34. The molecule has 50 valence electrons. The second-order valence-corrected chi connectivity index (χ2v) is 3.22. The summed E-state index contributed by atoms with van der Waals surface area (Å²) in [6.45, 7) is 2.10. The van der Waals surface area contributed by atoms with Crippen molar-refractivity contribution in [2.24, 2.45) is 0 Å². The molecule has 0 aliphatic rings. The van der Waals surface area contributed by atoms with Crippen molar-refractivity contribution in [3.63, 3.8) is 0 Å². The molecule has 0 unspecified atom stereocenters. The average Bonchev–Trinajstić information content (AvgIpc) is 2.18. The van der Waals surface area contributed by atoms with Crippen molar-refractivity contribution in [1.82, 2.24) is 0 Å². The summed E-state index contributed by atoms with van der Waals surface area (Å²) in [5.74, 6) is 0. The van der Waals surface area contributed by atoms with Crippen molar-refractivity contribution in [3.8, 4) is 0 Å². The Hall–Kier alpha value is -0.0200. The van der Waals surface area contributed by atoms with Crippen LogP contribution >= 0.6 is 27.3 Å². The van der Waals surface area contributed by atoms with Gasteiger partial charge in [0, 0.05) is 0 Å². The first-order chi connectivity index (χ1) is 4.34. The molecule has 0 fully saturated rings. The first kappa shape index (κ1) is 7.09. The Labute approximate surface area is 67.2 Å². The highest BCUT2D eigenvalue weighted by Gasteiger charge is 1.94. The maximum absolute atomic E-state index is 3.30. The zero-order chi connectivity index (χ0) is 6.69. The van der Waals surface area contributed by atoms with E-state index in [9.17, 15) is 0 Å². The molecule has 0 aliphatic heterocycles. The Bertz CT molecular complexity index is 185. The van der Waals surface area contributed by atoms with Gasteiger partial charge in [-0.1, -0.05) is 15.9 Å². The molecule has 0 spiro atoms. The van der Waals surface area contributed by atoms with Crippen LogP contribution in [0.15, 0.2) is 11.4 Å². The highest BCUT2D eigenvalue weighted by molar-refractivity contribution is 9.09. The highest BCUT2D eigenvalue weighted by atomic mass is 79.9. The number of nitrogens with one attached hydrogen (secondary N) is 1. The zero-order valence-electron chi connectivity index (χ0n) is 5.15. The van der Waals surface area contributed by atoms with E-state index in [0.717, 1.165) is 5.45 Å². The monoisotopic (exact) mass is 205 g/mol. The van der Waals surface area contributed by atoms with Gasteiger partial charge in [-0.2, -0.15) is 0 Å². The van der Waals surface area contributed by atoms with Crippen molar-refractivity contribution in [1.29, 1.82) is 0 Å². The van der Waals surface area contributed by atoms with E-state index in [-0.39, 0.29) is 0 Å². The lowest BCUT2D eigenvalue weighted by Crippen LogP contribution is -1.91. The van der Waals surface area contributed by atoms with Crippen molar-refractivity contribution >= 4 is 32.3 Å². The number of thiophene rings is 1. The highest BCUT2D eigenvalue weighted by Crippen LogP contribution is 2.21. The normalized spacial score (nSPS) is 9.56. The molecular weight excluding hydrogens is 198 g/mol. The molecule has 1 nitrogen and oxygen atoms in total. The van der Waals surface area contributed by atoms with Gasteiger partial charge in [-0.05, 0) is 23.9 Å². The Morgan fingerprint density at radius 3 is 3.00 bits per heavy atom. The van der Waals surface area contributed by atoms with Gasteiger partial charge in [0.1, 0.15) is 0 Å². The minimum Gasteiger partial charge on any atom is -0.367 e. The van der Waals surface area contributed by atoms with Gasteiger partial charge in [0.15, 0.2) is 0 Å². The lowest BCUT2D eigenvalue weighted by atomic mass is 10.4. The number of aryl methyl sites for hydroxylation is 1. The summed E-state index contributed by atoms with van der Waals surface area (Å²) in [5, 5.41) is 6.53. The minimum atomic E-state index is 0.828. The Morgan fingerprint density at radius 1 is 1.78 bits per heavy atom. The van der Waals surface area contributed by atoms with E-state index in [2.05, 4.69) is 39.6 Å². The molecule has 0 bridgehead atoms. The third kappa shape index (κ3) is 1.69. The lowest BCUT2D eigenvalue weighted by Gasteiger charge is -1.96. The quantitative estimate of drug-likeness (QED) is 0.579. The molecule has 0 radical (unpaired) electrons. The summed E-state index contributed by atoms with van der Waals surface area (Å²) in [6, 6.07) is 2.11. The van der Waals surface area contributed by atoms with Crippen LogP contribution in [0.2, 0.25) is 0 Å². The Morgan fingerprint density at radius 2 is 2.56 bits per heavy atom. The van der Waals surface area contributed by atoms with Gasteiger partial charge in [0.25, 0.3) is 0 Å². The van der Waals surface area contributed by atoms with Crippen LogP contribution in [0.4, 0.5) is 5.00 Å². The summed E-state index contributed by atoms with van der Waals surface area (Å²) in [5.41, 5.74) is 2.15. The summed E-state index contributed by atoms with van der Waals surface area (Å²) in [4.78, 5) is 0. The fourth-order valence-electron chi connectivity index (χ4n) is 0.615. The largest absolute Gasteiger partial charge is 0.367 e. The van der Waals surface area contributed by atoms with Gasteiger partial charge >= 0.3 is 0 Å². The topological polar surface area (TPSA) is 12.0 Å². The van der Waals surface area contributed by atoms with Crippen molar-refractivity contribution in [2.45, 2.75) is 6.92 Å². The Balaban J connectivity index is 2.69. The lowest BCUT2D eigenvalue weighted by molar-refractivity contribution is 1.46. The molecule has 1 aromatic heterocycles. The van der Waals surface area contributed by atoms with Crippen LogP contribution < -0.4 is 5.32 Å². The molecule has 1 rings (SSSR count). The molecule has 0 amide bonds. The maximum Gasteiger partial charge on any atom is 0.0918 e. The van der Waals surface area contributed by atoms with Crippen molar-refractivity contribution in [3.05, 3.63) is 17.0 Å². The molecule has 1 aromatic rings. The zero-order valence-corrected chi connectivity index (χ0v) is 7.55. The SMILES string of the molecule is Cc1ccsc1NCBr. The summed E-state index contributed by atoms with van der Waals surface area (Å²) < 4.78 is 0. The van der Waals surface area contributed by atoms with Crippen molar-refractivity contribution < 1.29 is 0 Å². The van der Waals surface area contributed by atoms with E-state index in [1.165, 1.54) is 10.6 Å². The van der Waals surface area contributed by atoms with Crippen LogP contribution in [0, 0.1) is 6.92 Å². The summed E-state index contributed by atoms with van der Waals surface area (Å²) in [6.07, 6.45) is 0. The number of hydrogen-bond donors (Lipinski definition) is 1. The van der Waals surface area contributed by atoms with Gasteiger partial charge in [0.05, 0.1) is 10.5 Å². The van der Waals surface area contributed by atoms with Crippen LogP contribution in [0.25, 0.3) is 0 Å². The molecule has 0 saturated heterocycles. The van der Waals surface area contributed by atoms with Crippen molar-refractivity contribution in [2.75, 3.05) is 10.8 Å². The average molecular weight is 206 g/mol. The molecule has 1 heterocycles. The van der Waals surface area contributed by atoms with Gasteiger partial charge in [-0.15, -0.1) is 11.3 Å². The van der Waals surface area contributed by atoms with Crippen LogP contribution in [-0.2, 0) is 0 Å². The number of alkyl halides is 1. The summed E-state index contributed by atoms with van der Waals surface area (Å²) >= 11 is 5.03. The number of hydrogen-bond acceptors (Lipinski definition) is 2. The standard InChI is InChI=1S/C6H8BrNS/c1-5-2-3-9-6(5)8-4-7/h2-3,8H,4H2,1H3. The predicted molar refractivity (Wildman–Crippen MR) is 46.5 cm³/mol. The third-order valence-electron chi connectivity index (χ3n) is 1.09. The van der Waals surface area contributed by atoms with Crippen LogP contribution in [-0.4, -0.2) is 5.45 Å². The predicted octanol–water partition coefficient (Wildman–Crippen LogP) is 2.82. The van der Waals surface area contributed by atoms with Crippen LogP contribution in [0.3, 0.4) is 0 Å². The fourth-order valence-corrected chi connectivity index (χ4v) is 1.90. The van der Waals surface area contributed by atoms with E-state index >= 15 is 0 Å².